The summed E-state index contributed by atoms with van der Waals surface area (Å²) in [6.45, 7) is 1.26. The summed E-state index contributed by atoms with van der Waals surface area (Å²) in [6.07, 6.45) is 11.4. The van der Waals surface area contributed by atoms with Gasteiger partial charge in [-0.15, -0.1) is 0 Å². The van der Waals surface area contributed by atoms with E-state index in [1.54, 1.807) is 7.05 Å². The molecule has 30 heavy (non-hydrogen) atoms. The van der Waals surface area contributed by atoms with Gasteiger partial charge in [0, 0.05) is 39.1 Å². The van der Waals surface area contributed by atoms with Gasteiger partial charge in [0.25, 0.3) is 0 Å². The van der Waals surface area contributed by atoms with Crippen molar-refractivity contribution >= 4 is 23.7 Å². The molecule has 3 aliphatic carbocycles. The monoisotopic (exact) mass is 415 g/mol. The first kappa shape index (κ1) is 20.9. The lowest BCUT2D eigenvalue weighted by Crippen LogP contribution is -2.44. The lowest BCUT2D eigenvalue weighted by atomic mass is 9.85. The molecule has 2 bridgehead atoms. The Balaban J connectivity index is 1.15. The largest absolute Gasteiger partial charge is 0.356 e. The van der Waals surface area contributed by atoms with Crippen molar-refractivity contribution in [2.75, 3.05) is 26.7 Å². The summed E-state index contributed by atoms with van der Waals surface area (Å²) < 4.78 is 0. The minimum Gasteiger partial charge on any atom is -0.356 e. The molecule has 164 valence electrons. The van der Waals surface area contributed by atoms with Crippen LogP contribution in [0.4, 0.5) is 0 Å². The molecular weight excluding hydrogens is 382 g/mol. The van der Waals surface area contributed by atoms with Crippen molar-refractivity contribution in [1.82, 2.24) is 20.9 Å². The molecule has 8 heteroatoms. The topological polar surface area (TPSA) is 103 Å². The molecule has 1 heterocycles. The van der Waals surface area contributed by atoms with Gasteiger partial charge < -0.3 is 16.0 Å². The Bertz CT molecular complexity index is 713. The molecule has 4 aliphatic rings. The summed E-state index contributed by atoms with van der Waals surface area (Å²) in [5, 5.41) is 9.38. The van der Waals surface area contributed by atoms with E-state index >= 15 is 0 Å². The van der Waals surface area contributed by atoms with E-state index < -0.39 is 0 Å². The number of rotatable bonds is 7. The molecule has 0 spiro atoms. The molecule has 3 fully saturated rings. The highest BCUT2D eigenvalue weighted by Gasteiger charge is 2.58. The number of amides is 3. The molecule has 3 amide bonds. The zero-order valence-corrected chi connectivity index (χ0v) is 17.7. The predicted molar refractivity (Wildman–Crippen MR) is 113 cm³/mol. The van der Waals surface area contributed by atoms with Crippen LogP contribution in [-0.2, 0) is 14.4 Å². The number of hydrogen-bond acceptors (Lipinski definition) is 4. The smallest absolute Gasteiger partial charge is 0.233 e. The number of fused-ring (bicyclic) bond motifs is 5. The third kappa shape index (κ3) is 4.23. The minimum absolute atomic E-state index is 0.0222. The van der Waals surface area contributed by atoms with Crippen LogP contribution < -0.4 is 16.0 Å². The molecular formula is C22H33N5O3. The van der Waals surface area contributed by atoms with Gasteiger partial charge in [0.1, 0.15) is 0 Å². The van der Waals surface area contributed by atoms with Gasteiger partial charge >= 0.3 is 0 Å². The number of likely N-dealkylation sites (tertiary alicyclic amines) is 1. The fourth-order valence-electron chi connectivity index (χ4n) is 5.53. The number of nitrogens with zero attached hydrogens (tertiary/aromatic N) is 2. The Hall–Kier alpha value is -2.38. The Kier molecular flexibility index (Phi) is 6.39. The second-order valence-corrected chi connectivity index (χ2v) is 8.91. The van der Waals surface area contributed by atoms with Gasteiger partial charge in [-0.3, -0.25) is 24.3 Å². The van der Waals surface area contributed by atoms with Crippen LogP contribution >= 0.6 is 0 Å². The lowest BCUT2D eigenvalue weighted by Gasteiger charge is -2.23. The highest BCUT2D eigenvalue weighted by atomic mass is 16.2. The third-order valence-corrected chi connectivity index (χ3v) is 7.03. The van der Waals surface area contributed by atoms with Crippen LogP contribution in [0.2, 0.25) is 0 Å². The van der Waals surface area contributed by atoms with E-state index in [0.717, 1.165) is 19.3 Å². The first-order valence-corrected chi connectivity index (χ1v) is 11.4. The van der Waals surface area contributed by atoms with Crippen molar-refractivity contribution in [1.29, 1.82) is 0 Å². The number of guanidine groups is 1. The number of carbonyl (C=O) groups is 3. The van der Waals surface area contributed by atoms with Crippen LogP contribution in [0, 0.1) is 23.7 Å². The summed E-state index contributed by atoms with van der Waals surface area (Å²) in [5.41, 5.74) is 0. The summed E-state index contributed by atoms with van der Waals surface area (Å²) >= 11 is 0. The van der Waals surface area contributed by atoms with Crippen LogP contribution in [0.3, 0.4) is 0 Å². The van der Waals surface area contributed by atoms with Gasteiger partial charge in [0.15, 0.2) is 5.96 Å². The molecule has 8 nitrogen and oxygen atoms in total. The van der Waals surface area contributed by atoms with Crippen LogP contribution in [0.5, 0.6) is 0 Å². The molecule has 3 N–H and O–H groups in total. The molecule has 0 aromatic carbocycles. The minimum atomic E-state index is -0.146. The third-order valence-electron chi connectivity index (χ3n) is 7.03. The second-order valence-electron chi connectivity index (χ2n) is 8.91. The van der Waals surface area contributed by atoms with Crippen molar-refractivity contribution in [2.45, 2.75) is 51.0 Å². The van der Waals surface area contributed by atoms with E-state index in [1.165, 1.54) is 24.2 Å². The van der Waals surface area contributed by atoms with E-state index in [1.807, 2.05) is 0 Å². The Labute approximate surface area is 177 Å². The molecule has 2 saturated carbocycles. The van der Waals surface area contributed by atoms with Crippen molar-refractivity contribution in [3.63, 3.8) is 0 Å². The van der Waals surface area contributed by atoms with Gasteiger partial charge in [-0.1, -0.05) is 31.4 Å². The summed E-state index contributed by atoms with van der Waals surface area (Å²) in [5.74, 6) is 0.777. The van der Waals surface area contributed by atoms with Gasteiger partial charge in [0.2, 0.25) is 17.7 Å². The van der Waals surface area contributed by atoms with Gasteiger partial charge in [-0.2, -0.15) is 0 Å². The quantitative estimate of drug-likeness (QED) is 0.247. The summed E-state index contributed by atoms with van der Waals surface area (Å²) in [6, 6.07) is 0.323. The SMILES string of the molecule is CN=C(NCCC(=O)NC1CCCCC1)NCCN1C(=O)C2C3C=CC(C3)C2C1=O. The maximum absolute atomic E-state index is 12.7. The normalized spacial score (nSPS) is 30.7. The first-order chi connectivity index (χ1) is 14.6. The Morgan fingerprint density at radius 2 is 1.67 bits per heavy atom. The van der Waals surface area contributed by atoms with Crippen LogP contribution in [-0.4, -0.2) is 61.3 Å². The predicted octanol–water partition coefficient (Wildman–Crippen LogP) is 0.798. The van der Waals surface area contributed by atoms with Crippen molar-refractivity contribution in [2.24, 2.45) is 28.7 Å². The number of carbonyl (C=O) groups excluding carboxylic acids is 3. The maximum atomic E-state index is 12.7. The van der Waals surface area contributed by atoms with E-state index in [2.05, 4.69) is 33.1 Å². The molecule has 0 aromatic rings. The lowest BCUT2D eigenvalue weighted by molar-refractivity contribution is -0.140. The van der Waals surface area contributed by atoms with E-state index in [-0.39, 0.29) is 41.4 Å². The Morgan fingerprint density at radius 1 is 1.03 bits per heavy atom. The fraction of sp³-hybridized carbons (Fsp3) is 0.727. The summed E-state index contributed by atoms with van der Waals surface area (Å²) in [7, 11) is 1.66. The number of aliphatic imine (C=N–C) groups is 1. The molecule has 4 atom stereocenters. The standard InChI is InChI=1S/C22H33N5O3/c1-23-22(24-10-9-17(28)26-16-5-3-2-4-6-16)25-11-12-27-20(29)18-14-7-8-15(13-14)19(18)21(27)30/h7-8,14-16,18-19H,2-6,9-13H2,1H3,(H,26,28)(H2,23,24,25). The molecule has 4 rings (SSSR count). The Morgan fingerprint density at radius 3 is 2.30 bits per heavy atom. The average Bonchev–Trinajstić information content (AvgIpc) is 3.43. The van der Waals surface area contributed by atoms with E-state index in [4.69, 9.17) is 0 Å². The van der Waals surface area contributed by atoms with Gasteiger partial charge in [-0.25, -0.2) is 0 Å². The van der Waals surface area contributed by atoms with E-state index in [0.29, 0.717) is 38.1 Å². The molecule has 0 radical (unpaired) electrons. The summed E-state index contributed by atoms with van der Waals surface area (Å²) in [4.78, 5) is 43.1. The fourth-order valence-corrected chi connectivity index (χ4v) is 5.53. The molecule has 1 saturated heterocycles. The number of hydrogen-bond donors (Lipinski definition) is 3. The first-order valence-electron chi connectivity index (χ1n) is 11.4. The second kappa shape index (κ2) is 9.18. The van der Waals surface area contributed by atoms with Crippen molar-refractivity contribution in [3.05, 3.63) is 12.2 Å². The van der Waals surface area contributed by atoms with Gasteiger partial charge in [0.05, 0.1) is 11.8 Å². The molecule has 4 unspecified atom stereocenters. The van der Waals surface area contributed by atoms with Crippen molar-refractivity contribution < 1.29 is 14.4 Å². The zero-order valence-electron chi connectivity index (χ0n) is 17.7. The molecule has 0 aromatic heterocycles. The van der Waals surface area contributed by atoms with Crippen LogP contribution in [0.15, 0.2) is 17.1 Å². The number of nitrogens with one attached hydrogen (secondary N) is 3. The highest BCUT2D eigenvalue weighted by Crippen LogP contribution is 2.52. The van der Waals surface area contributed by atoms with E-state index in [9.17, 15) is 14.4 Å². The average molecular weight is 416 g/mol. The maximum Gasteiger partial charge on any atom is 0.233 e. The molecule has 1 aliphatic heterocycles. The number of allylic oxidation sites excluding steroid dienone is 2. The zero-order chi connectivity index (χ0) is 21.1. The highest BCUT2D eigenvalue weighted by molar-refractivity contribution is 6.06. The number of imide groups is 1. The van der Waals surface area contributed by atoms with Gasteiger partial charge in [-0.05, 0) is 31.1 Å². The van der Waals surface area contributed by atoms with Crippen molar-refractivity contribution in [3.8, 4) is 0 Å². The van der Waals surface area contributed by atoms with Crippen LogP contribution in [0.1, 0.15) is 44.9 Å². The van der Waals surface area contributed by atoms with Crippen LogP contribution in [0.25, 0.3) is 0 Å².